The van der Waals surface area contributed by atoms with E-state index in [0.29, 0.717) is 18.8 Å². The summed E-state index contributed by atoms with van der Waals surface area (Å²) in [5.41, 5.74) is 1.11. The molecule has 29 heavy (non-hydrogen) atoms. The molecule has 0 aliphatic heterocycles. The van der Waals surface area contributed by atoms with Crippen molar-refractivity contribution >= 4 is 27.6 Å². The molecule has 3 N–H and O–H groups in total. The Kier molecular flexibility index (Phi) is 7.74. The van der Waals surface area contributed by atoms with Crippen LogP contribution in [0.3, 0.4) is 0 Å². The molecule has 0 aliphatic rings. The van der Waals surface area contributed by atoms with E-state index in [2.05, 4.69) is 5.32 Å². The van der Waals surface area contributed by atoms with Crippen LogP contribution < -0.4 is 15.2 Å². The molecule has 8 nitrogen and oxygen atoms in total. The minimum absolute atomic E-state index is 0.0859. The third-order valence-corrected chi connectivity index (χ3v) is 4.89. The summed E-state index contributed by atoms with van der Waals surface area (Å²) in [5.74, 6) is -0.403. The Balaban J connectivity index is 1.90. The number of esters is 1. The van der Waals surface area contributed by atoms with Gasteiger partial charge in [0.05, 0.1) is 11.5 Å². The monoisotopic (exact) mass is 420 g/mol. The van der Waals surface area contributed by atoms with Crippen molar-refractivity contribution in [3.8, 4) is 5.75 Å². The maximum absolute atomic E-state index is 12.2. The molecule has 1 unspecified atom stereocenters. The highest BCUT2D eigenvalue weighted by molar-refractivity contribution is 7.89. The molecule has 0 heterocycles. The number of nitrogens with two attached hydrogens (primary N) is 1. The van der Waals surface area contributed by atoms with E-state index in [1.165, 1.54) is 31.2 Å². The van der Waals surface area contributed by atoms with E-state index in [1.807, 2.05) is 31.2 Å². The number of carbonyl (C=O) groups is 2. The fourth-order valence-corrected chi connectivity index (χ4v) is 3.11. The van der Waals surface area contributed by atoms with Crippen LogP contribution in [0, 0.1) is 0 Å². The molecule has 0 saturated heterocycles. The quantitative estimate of drug-likeness (QED) is 0.600. The third-order valence-electron chi connectivity index (χ3n) is 3.98. The van der Waals surface area contributed by atoms with Gasteiger partial charge in [0.2, 0.25) is 10.0 Å². The summed E-state index contributed by atoms with van der Waals surface area (Å²) in [4.78, 5) is 24.2. The van der Waals surface area contributed by atoms with Gasteiger partial charge in [0, 0.05) is 12.1 Å². The zero-order valence-electron chi connectivity index (χ0n) is 16.3. The second-order valence-corrected chi connectivity index (χ2v) is 7.80. The maximum atomic E-state index is 12.2. The van der Waals surface area contributed by atoms with Crippen molar-refractivity contribution in [3.05, 3.63) is 54.1 Å². The Bertz CT molecular complexity index is 974. The van der Waals surface area contributed by atoms with Gasteiger partial charge in [0.1, 0.15) is 5.75 Å². The summed E-state index contributed by atoms with van der Waals surface area (Å²) >= 11 is 0. The van der Waals surface area contributed by atoms with Crippen LogP contribution >= 0.6 is 0 Å². The Morgan fingerprint density at radius 2 is 1.86 bits per heavy atom. The lowest BCUT2D eigenvalue weighted by atomic mass is 10.1. The third kappa shape index (κ3) is 6.88. The van der Waals surface area contributed by atoms with Gasteiger partial charge in [-0.2, -0.15) is 0 Å². The molecule has 2 aromatic rings. The number of benzene rings is 2. The number of nitrogens with one attached hydrogen (secondary N) is 1. The highest BCUT2D eigenvalue weighted by Gasteiger charge is 2.19. The molecule has 1 atom stereocenters. The highest BCUT2D eigenvalue weighted by Crippen LogP contribution is 2.20. The summed E-state index contributed by atoms with van der Waals surface area (Å²) in [6.45, 7) is 3.83. The number of para-hydroxylation sites is 1. The van der Waals surface area contributed by atoms with E-state index in [9.17, 15) is 18.0 Å². The van der Waals surface area contributed by atoms with Crippen LogP contribution in [0.2, 0.25) is 0 Å². The number of sulfonamides is 1. The molecule has 9 heteroatoms. The molecule has 0 radical (unpaired) electrons. The van der Waals surface area contributed by atoms with Crippen LogP contribution in [0.25, 0.3) is 0 Å². The van der Waals surface area contributed by atoms with Gasteiger partial charge in [-0.05, 0) is 50.1 Å². The number of primary sulfonamides is 1. The normalized spacial score (nSPS) is 12.1. The Labute approximate surface area is 170 Å². The van der Waals surface area contributed by atoms with E-state index in [4.69, 9.17) is 14.6 Å². The zero-order valence-corrected chi connectivity index (χ0v) is 17.1. The minimum Gasteiger partial charge on any atom is -0.494 e. The molecule has 156 valence electrons. The molecule has 1 amide bonds. The molecular formula is C20H24N2O6S. The van der Waals surface area contributed by atoms with Gasteiger partial charge in [-0.3, -0.25) is 9.59 Å². The standard InChI is InChI=1S/C20H24N2O6S/c1-3-27-18-10-5-4-7-15(18)11-12-19(23)28-14(2)20(24)22-16-8-6-9-17(13-16)29(21,25)26/h4-10,13-14H,3,11-12H2,1-2H3,(H,22,24)(H2,21,25,26). The molecule has 0 aromatic heterocycles. The lowest BCUT2D eigenvalue weighted by Gasteiger charge is -2.14. The topological polar surface area (TPSA) is 125 Å². The number of hydrogen-bond acceptors (Lipinski definition) is 6. The number of carbonyl (C=O) groups excluding carboxylic acids is 2. The fourth-order valence-electron chi connectivity index (χ4n) is 2.55. The van der Waals surface area contributed by atoms with Gasteiger partial charge in [-0.25, -0.2) is 13.6 Å². The average Bonchev–Trinajstić information content (AvgIpc) is 2.67. The minimum atomic E-state index is -3.89. The highest BCUT2D eigenvalue weighted by atomic mass is 32.2. The van der Waals surface area contributed by atoms with Gasteiger partial charge in [-0.15, -0.1) is 0 Å². The van der Waals surface area contributed by atoms with Gasteiger partial charge in [-0.1, -0.05) is 24.3 Å². The summed E-state index contributed by atoms with van der Waals surface area (Å²) in [7, 11) is -3.89. The van der Waals surface area contributed by atoms with Crippen LogP contribution in [0.1, 0.15) is 25.8 Å². The predicted octanol–water partition coefficient (Wildman–Crippen LogP) is 2.24. The largest absolute Gasteiger partial charge is 0.494 e. The van der Waals surface area contributed by atoms with E-state index < -0.39 is 28.0 Å². The molecule has 0 bridgehead atoms. The van der Waals surface area contributed by atoms with Crippen molar-refractivity contribution in [2.45, 2.75) is 37.7 Å². The molecule has 2 rings (SSSR count). The first kappa shape index (κ1) is 22.4. The van der Waals surface area contributed by atoms with Gasteiger partial charge >= 0.3 is 5.97 Å². The lowest BCUT2D eigenvalue weighted by Crippen LogP contribution is -2.30. The van der Waals surface area contributed by atoms with Gasteiger partial charge < -0.3 is 14.8 Å². The molecule has 0 saturated carbocycles. The van der Waals surface area contributed by atoms with Crippen molar-refractivity contribution < 1.29 is 27.5 Å². The van der Waals surface area contributed by atoms with Gasteiger partial charge in [0.25, 0.3) is 5.91 Å². The first-order valence-electron chi connectivity index (χ1n) is 9.04. The van der Waals surface area contributed by atoms with Crippen molar-refractivity contribution in [2.24, 2.45) is 5.14 Å². The second-order valence-electron chi connectivity index (χ2n) is 6.23. The number of rotatable bonds is 9. The smallest absolute Gasteiger partial charge is 0.306 e. The van der Waals surface area contributed by atoms with Gasteiger partial charge in [0.15, 0.2) is 6.10 Å². The molecule has 0 fully saturated rings. The van der Waals surface area contributed by atoms with E-state index >= 15 is 0 Å². The van der Waals surface area contributed by atoms with Crippen LogP contribution in [-0.4, -0.2) is 33.0 Å². The first-order valence-corrected chi connectivity index (χ1v) is 10.6. The SMILES string of the molecule is CCOc1ccccc1CCC(=O)OC(C)C(=O)Nc1cccc(S(N)(=O)=O)c1. The van der Waals surface area contributed by atoms with E-state index in [0.717, 1.165) is 5.56 Å². The van der Waals surface area contributed by atoms with E-state index in [1.54, 1.807) is 0 Å². The zero-order chi connectivity index (χ0) is 21.4. The first-order chi connectivity index (χ1) is 13.7. The number of hydrogen-bond donors (Lipinski definition) is 2. The van der Waals surface area contributed by atoms with Crippen LogP contribution in [0.5, 0.6) is 5.75 Å². The molecular weight excluding hydrogens is 396 g/mol. The number of ether oxygens (including phenoxy) is 2. The van der Waals surface area contributed by atoms with Crippen LogP contribution in [0.4, 0.5) is 5.69 Å². The summed E-state index contributed by atoms with van der Waals surface area (Å²) in [6, 6.07) is 12.9. The van der Waals surface area contributed by atoms with Crippen LogP contribution in [-0.2, 0) is 30.8 Å². The predicted molar refractivity (Wildman–Crippen MR) is 108 cm³/mol. The van der Waals surface area contributed by atoms with Crippen molar-refractivity contribution in [3.63, 3.8) is 0 Å². The maximum Gasteiger partial charge on any atom is 0.306 e. The number of anilines is 1. The lowest BCUT2D eigenvalue weighted by molar-refractivity contribution is -0.153. The summed E-state index contributed by atoms with van der Waals surface area (Å²) in [5, 5.41) is 7.58. The second kappa shape index (κ2) is 10.0. The molecule has 2 aromatic carbocycles. The van der Waals surface area contributed by atoms with Crippen molar-refractivity contribution in [2.75, 3.05) is 11.9 Å². The Hall–Kier alpha value is -2.91. The average molecular weight is 420 g/mol. The summed E-state index contributed by atoms with van der Waals surface area (Å²) < 4.78 is 33.5. The van der Waals surface area contributed by atoms with Crippen LogP contribution in [0.15, 0.2) is 53.4 Å². The van der Waals surface area contributed by atoms with E-state index in [-0.39, 0.29) is 17.0 Å². The Morgan fingerprint density at radius 1 is 1.14 bits per heavy atom. The fraction of sp³-hybridized carbons (Fsp3) is 0.300. The number of aryl methyl sites for hydroxylation is 1. The number of amides is 1. The Morgan fingerprint density at radius 3 is 2.55 bits per heavy atom. The van der Waals surface area contributed by atoms with Crippen molar-refractivity contribution in [1.29, 1.82) is 0 Å². The molecule has 0 spiro atoms. The van der Waals surface area contributed by atoms with Crippen molar-refractivity contribution in [1.82, 2.24) is 0 Å². The summed E-state index contributed by atoms with van der Waals surface area (Å²) in [6.07, 6.45) is -0.551. The molecule has 0 aliphatic carbocycles.